The summed E-state index contributed by atoms with van der Waals surface area (Å²) in [5.41, 5.74) is 5.50. The molecule has 2 N–H and O–H groups in total. The molecule has 0 radical (unpaired) electrons. The molecule has 1 rings (SSSR count). The lowest BCUT2D eigenvalue weighted by molar-refractivity contribution is 0.100. The van der Waals surface area contributed by atoms with Gasteiger partial charge in [0.15, 0.2) is 0 Å². The van der Waals surface area contributed by atoms with Crippen LogP contribution in [0.15, 0.2) is 24.3 Å². The van der Waals surface area contributed by atoms with E-state index < -0.39 is 5.91 Å². The Labute approximate surface area is 66.8 Å². The highest BCUT2D eigenvalue weighted by atomic mass is 31.0. The van der Waals surface area contributed by atoms with Gasteiger partial charge in [-0.2, -0.15) is 0 Å². The van der Waals surface area contributed by atoms with Crippen LogP contribution in [0.1, 0.15) is 10.4 Å². The van der Waals surface area contributed by atoms with Gasteiger partial charge in [0.2, 0.25) is 5.91 Å². The summed E-state index contributed by atoms with van der Waals surface area (Å²) < 4.78 is 4.81. The quantitative estimate of drug-likeness (QED) is 0.670. The van der Waals surface area contributed by atoms with Crippen LogP contribution in [0.2, 0.25) is 0 Å². The molecule has 0 saturated carbocycles. The van der Waals surface area contributed by atoms with Gasteiger partial charge in [0.1, 0.15) is 5.75 Å². The first-order chi connectivity index (χ1) is 5.24. The van der Waals surface area contributed by atoms with Crippen molar-refractivity contribution in [3.8, 4) is 5.75 Å². The van der Waals surface area contributed by atoms with Gasteiger partial charge in [-0.1, -0.05) is 0 Å². The molecule has 1 unspecified atom stereocenters. The number of carbonyl (C=O) groups is 1. The van der Waals surface area contributed by atoms with Crippen molar-refractivity contribution in [3.63, 3.8) is 0 Å². The molecule has 1 aromatic rings. The summed E-state index contributed by atoms with van der Waals surface area (Å²) in [6, 6.07) is 6.57. The van der Waals surface area contributed by atoms with Crippen LogP contribution in [0.5, 0.6) is 5.75 Å². The third kappa shape index (κ3) is 1.92. The smallest absolute Gasteiger partial charge is 0.248 e. The number of hydrogen-bond donors (Lipinski definition) is 1. The summed E-state index contributed by atoms with van der Waals surface area (Å²) in [5.74, 6) is 0.250. The summed E-state index contributed by atoms with van der Waals surface area (Å²) in [7, 11) is 2.12. The van der Waals surface area contributed by atoms with Gasteiger partial charge in [0.25, 0.3) is 0 Å². The predicted octanol–water partition coefficient (Wildman–Crippen LogP) is 0.954. The topological polar surface area (TPSA) is 52.3 Å². The third-order valence-corrected chi connectivity index (χ3v) is 1.55. The lowest BCUT2D eigenvalue weighted by Gasteiger charge is -1.98. The maximum atomic E-state index is 10.6. The molecule has 58 valence electrons. The number of hydrogen-bond acceptors (Lipinski definition) is 2. The molecule has 0 heterocycles. The molecule has 1 amide bonds. The largest absolute Gasteiger partial charge is 0.480 e. The maximum absolute atomic E-state index is 10.6. The van der Waals surface area contributed by atoms with Gasteiger partial charge in [-0.05, 0) is 24.3 Å². The van der Waals surface area contributed by atoms with E-state index in [2.05, 4.69) is 9.47 Å². The Morgan fingerprint density at radius 1 is 1.36 bits per heavy atom. The Morgan fingerprint density at radius 2 is 1.91 bits per heavy atom. The number of nitrogens with two attached hydrogens (primary N) is 1. The molecule has 0 bridgehead atoms. The van der Waals surface area contributed by atoms with Gasteiger partial charge in [-0.15, -0.1) is 0 Å². The lowest BCUT2D eigenvalue weighted by atomic mass is 10.2. The van der Waals surface area contributed by atoms with E-state index in [9.17, 15) is 4.79 Å². The summed E-state index contributed by atoms with van der Waals surface area (Å²) >= 11 is 0. The zero-order valence-electron chi connectivity index (χ0n) is 5.78. The Bertz CT molecular complexity index is 258. The van der Waals surface area contributed by atoms with Crippen molar-refractivity contribution >= 4 is 15.4 Å². The average molecular weight is 169 g/mol. The molecular weight excluding hydrogens is 161 g/mol. The molecular formula is C7H8NO2P. The number of rotatable bonds is 2. The van der Waals surface area contributed by atoms with Crippen molar-refractivity contribution < 1.29 is 9.32 Å². The van der Waals surface area contributed by atoms with E-state index in [0.717, 1.165) is 0 Å². The van der Waals surface area contributed by atoms with Gasteiger partial charge in [-0.25, -0.2) is 0 Å². The van der Waals surface area contributed by atoms with E-state index in [1.165, 1.54) is 0 Å². The van der Waals surface area contributed by atoms with Crippen LogP contribution in [0.3, 0.4) is 0 Å². The van der Waals surface area contributed by atoms with Crippen molar-refractivity contribution in [1.82, 2.24) is 0 Å². The molecule has 0 spiro atoms. The fraction of sp³-hybridized carbons (Fsp3) is 0. The highest BCUT2D eigenvalue weighted by Crippen LogP contribution is 2.13. The molecule has 0 aromatic heterocycles. The zero-order chi connectivity index (χ0) is 8.27. The molecule has 1 atom stereocenters. The van der Waals surface area contributed by atoms with E-state index in [0.29, 0.717) is 11.3 Å². The van der Waals surface area contributed by atoms with Crippen LogP contribution in [0, 0.1) is 0 Å². The standard InChI is InChI=1S/C7H8NO2P/c8-7(9)5-1-3-6(10-11)4-2-5/h1-4H,11H2,(H2,8,9). The summed E-state index contributed by atoms with van der Waals surface area (Å²) in [4.78, 5) is 10.6. The van der Waals surface area contributed by atoms with Crippen molar-refractivity contribution in [2.45, 2.75) is 0 Å². The van der Waals surface area contributed by atoms with E-state index in [-0.39, 0.29) is 0 Å². The van der Waals surface area contributed by atoms with E-state index in [1.54, 1.807) is 24.3 Å². The van der Waals surface area contributed by atoms with Crippen LogP contribution < -0.4 is 10.3 Å². The Kier molecular flexibility index (Phi) is 2.44. The molecule has 3 nitrogen and oxygen atoms in total. The molecule has 0 aliphatic rings. The molecule has 4 heteroatoms. The summed E-state index contributed by atoms with van der Waals surface area (Å²) in [6.07, 6.45) is 0. The van der Waals surface area contributed by atoms with E-state index in [1.807, 2.05) is 0 Å². The van der Waals surface area contributed by atoms with Crippen LogP contribution >= 0.6 is 9.47 Å². The SMILES string of the molecule is NC(=O)c1ccc(OP)cc1. The number of benzene rings is 1. The summed E-state index contributed by atoms with van der Waals surface area (Å²) in [6.45, 7) is 0. The zero-order valence-corrected chi connectivity index (χ0v) is 6.94. The van der Waals surface area contributed by atoms with Crippen LogP contribution in [-0.4, -0.2) is 5.91 Å². The Morgan fingerprint density at radius 3 is 2.27 bits per heavy atom. The second-order valence-electron chi connectivity index (χ2n) is 2.01. The van der Waals surface area contributed by atoms with E-state index >= 15 is 0 Å². The molecule has 0 aliphatic heterocycles. The first-order valence-electron chi connectivity index (χ1n) is 3.00. The number of carbonyl (C=O) groups excluding carboxylic acids is 1. The number of amides is 1. The molecule has 0 aliphatic carbocycles. The van der Waals surface area contributed by atoms with Crippen LogP contribution in [-0.2, 0) is 0 Å². The molecule has 0 saturated heterocycles. The highest BCUT2D eigenvalue weighted by Gasteiger charge is 1.98. The monoisotopic (exact) mass is 169 g/mol. The van der Waals surface area contributed by atoms with Crippen molar-refractivity contribution in [1.29, 1.82) is 0 Å². The van der Waals surface area contributed by atoms with Crippen molar-refractivity contribution in [2.24, 2.45) is 5.73 Å². The first-order valence-corrected chi connectivity index (χ1v) is 3.48. The normalized spacial score (nSPS) is 9.18. The Balaban J connectivity index is 2.91. The van der Waals surface area contributed by atoms with Gasteiger partial charge in [0, 0.05) is 5.56 Å². The highest BCUT2D eigenvalue weighted by molar-refractivity contribution is 7.10. The molecule has 0 fully saturated rings. The fourth-order valence-corrected chi connectivity index (χ4v) is 0.855. The van der Waals surface area contributed by atoms with E-state index in [4.69, 9.17) is 10.3 Å². The average Bonchev–Trinajstić information content (AvgIpc) is 2.05. The predicted molar refractivity (Wildman–Crippen MR) is 45.3 cm³/mol. The molecule has 1 aromatic carbocycles. The fourth-order valence-electron chi connectivity index (χ4n) is 0.698. The van der Waals surface area contributed by atoms with Gasteiger partial charge in [0.05, 0.1) is 9.47 Å². The third-order valence-electron chi connectivity index (χ3n) is 1.27. The van der Waals surface area contributed by atoms with Gasteiger partial charge >= 0.3 is 0 Å². The summed E-state index contributed by atoms with van der Waals surface area (Å²) in [5, 5.41) is 0. The second kappa shape index (κ2) is 3.35. The van der Waals surface area contributed by atoms with Crippen LogP contribution in [0.25, 0.3) is 0 Å². The minimum Gasteiger partial charge on any atom is -0.480 e. The second-order valence-corrected chi connectivity index (χ2v) is 2.24. The number of primary amides is 1. The van der Waals surface area contributed by atoms with Gasteiger partial charge in [-0.3, -0.25) is 4.79 Å². The van der Waals surface area contributed by atoms with Crippen molar-refractivity contribution in [3.05, 3.63) is 29.8 Å². The van der Waals surface area contributed by atoms with Gasteiger partial charge < -0.3 is 10.3 Å². The lowest BCUT2D eigenvalue weighted by Crippen LogP contribution is -2.10. The Hall–Kier alpha value is -1.08. The maximum Gasteiger partial charge on any atom is 0.248 e. The minimum atomic E-state index is -0.430. The first kappa shape index (κ1) is 8.02. The molecule has 11 heavy (non-hydrogen) atoms. The van der Waals surface area contributed by atoms with Crippen molar-refractivity contribution in [2.75, 3.05) is 0 Å². The van der Waals surface area contributed by atoms with Crippen LogP contribution in [0.4, 0.5) is 0 Å². The minimum absolute atomic E-state index is 0.430.